The van der Waals surface area contributed by atoms with Crippen LogP contribution in [0.4, 0.5) is 0 Å². The van der Waals surface area contributed by atoms with Crippen LogP contribution in [0.15, 0.2) is 65.4 Å². The minimum absolute atomic E-state index is 0.276. The molecule has 0 atom stereocenters. The molecular weight excluding hydrogens is 344 g/mol. The van der Waals surface area contributed by atoms with Gasteiger partial charge in [-0.15, -0.1) is 0 Å². The smallest absolute Gasteiger partial charge is 0.341 e. The van der Waals surface area contributed by atoms with Crippen LogP contribution in [0.1, 0.15) is 11.1 Å². The van der Waals surface area contributed by atoms with E-state index in [4.69, 9.17) is 19.3 Å². The summed E-state index contributed by atoms with van der Waals surface area (Å²) in [6.45, 7) is 0. The van der Waals surface area contributed by atoms with Gasteiger partial charge in [0.25, 0.3) is 0 Å². The molecule has 0 fully saturated rings. The van der Waals surface area contributed by atoms with Crippen molar-refractivity contribution in [3.63, 3.8) is 0 Å². The van der Waals surface area contributed by atoms with E-state index in [9.17, 15) is 4.79 Å². The van der Waals surface area contributed by atoms with Gasteiger partial charge in [0, 0.05) is 22.8 Å². The summed E-state index contributed by atoms with van der Waals surface area (Å²) >= 11 is 0. The molecule has 0 unspecified atom stereocenters. The van der Waals surface area contributed by atoms with E-state index in [2.05, 4.69) is 11.2 Å². The van der Waals surface area contributed by atoms with Crippen LogP contribution in [-0.2, 0) is 14.3 Å². The number of nitriles is 1. The van der Waals surface area contributed by atoms with E-state index in [0.717, 1.165) is 5.56 Å². The number of benzene rings is 2. The van der Waals surface area contributed by atoms with E-state index in [1.165, 1.54) is 20.5 Å². The Morgan fingerprint density at radius 3 is 2.56 bits per heavy atom. The number of rotatable bonds is 5. The van der Waals surface area contributed by atoms with Crippen molar-refractivity contribution in [1.29, 1.82) is 5.26 Å². The highest BCUT2D eigenvalue weighted by Gasteiger charge is 2.19. The molecular formula is C21H16N2O4. The average Bonchev–Trinajstić information content (AvgIpc) is 3.21. The third-order valence-electron chi connectivity index (χ3n) is 3.94. The molecule has 2 aromatic carbocycles. The fraction of sp³-hybridized carbons (Fsp3) is 0.0952. The van der Waals surface area contributed by atoms with E-state index in [0.29, 0.717) is 28.1 Å². The third kappa shape index (κ3) is 3.72. The van der Waals surface area contributed by atoms with Crippen LogP contribution in [0, 0.1) is 11.3 Å². The standard InChI is InChI=1S/C21H16N2O4/c1-25-13-18(21(24)26-2)16-5-3-4-6-17(16)19-11-20(27-23-19)15-9-7-14(12-22)8-10-15/h3-11,13H,1-2H3. The predicted octanol–water partition coefficient (Wildman–Crippen LogP) is 4.04. The normalized spacial score (nSPS) is 10.9. The lowest BCUT2D eigenvalue weighted by Gasteiger charge is -2.09. The number of hydrogen-bond donors (Lipinski definition) is 0. The molecule has 0 saturated carbocycles. The van der Waals surface area contributed by atoms with Crippen molar-refractivity contribution in [3.05, 3.63) is 72.0 Å². The van der Waals surface area contributed by atoms with Gasteiger partial charge in [-0.3, -0.25) is 0 Å². The summed E-state index contributed by atoms with van der Waals surface area (Å²) in [5, 5.41) is 13.0. The van der Waals surface area contributed by atoms with Crippen LogP contribution < -0.4 is 0 Å². The SMILES string of the molecule is COC=C(C(=O)OC)c1ccccc1-c1cc(-c2ccc(C#N)cc2)on1. The Morgan fingerprint density at radius 1 is 1.15 bits per heavy atom. The number of carbonyl (C=O) groups excluding carboxylic acids is 1. The highest BCUT2D eigenvalue weighted by atomic mass is 16.5. The summed E-state index contributed by atoms with van der Waals surface area (Å²) in [5.74, 6) is 0.0414. The zero-order chi connectivity index (χ0) is 19.2. The monoisotopic (exact) mass is 360 g/mol. The van der Waals surface area contributed by atoms with Crippen molar-refractivity contribution in [2.45, 2.75) is 0 Å². The molecule has 1 aromatic heterocycles. The maximum atomic E-state index is 12.1. The first-order valence-electron chi connectivity index (χ1n) is 8.06. The van der Waals surface area contributed by atoms with Gasteiger partial charge in [0.2, 0.25) is 0 Å². The molecule has 27 heavy (non-hydrogen) atoms. The van der Waals surface area contributed by atoms with Gasteiger partial charge in [-0.1, -0.05) is 29.4 Å². The lowest BCUT2D eigenvalue weighted by Crippen LogP contribution is -2.05. The topological polar surface area (TPSA) is 85.4 Å². The first-order chi connectivity index (χ1) is 13.2. The summed E-state index contributed by atoms with van der Waals surface area (Å²) in [7, 11) is 2.78. The van der Waals surface area contributed by atoms with Gasteiger partial charge >= 0.3 is 5.97 Å². The molecule has 1 heterocycles. The van der Waals surface area contributed by atoms with Crippen molar-refractivity contribution in [2.24, 2.45) is 0 Å². The molecule has 0 bridgehead atoms. The van der Waals surface area contributed by atoms with Crippen LogP contribution in [0.2, 0.25) is 0 Å². The number of aromatic nitrogens is 1. The van der Waals surface area contributed by atoms with Crippen molar-refractivity contribution >= 4 is 11.5 Å². The quantitative estimate of drug-likeness (QED) is 0.388. The van der Waals surface area contributed by atoms with Crippen molar-refractivity contribution in [3.8, 4) is 28.7 Å². The Balaban J connectivity index is 2.03. The Morgan fingerprint density at radius 2 is 1.89 bits per heavy atom. The molecule has 0 aliphatic heterocycles. The summed E-state index contributed by atoms with van der Waals surface area (Å²) in [6.07, 6.45) is 1.34. The summed E-state index contributed by atoms with van der Waals surface area (Å²) in [5.41, 5.74) is 3.53. The molecule has 0 N–H and O–H groups in total. The van der Waals surface area contributed by atoms with Gasteiger partial charge in [-0.05, 0) is 24.3 Å². The van der Waals surface area contributed by atoms with E-state index >= 15 is 0 Å². The maximum absolute atomic E-state index is 12.1. The average molecular weight is 360 g/mol. The minimum atomic E-state index is -0.514. The van der Waals surface area contributed by atoms with Gasteiger partial charge in [0.1, 0.15) is 11.3 Å². The molecule has 6 heteroatoms. The summed E-state index contributed by atoms with van der Waals surface area (Å²) in [4.78, 5) is 12.1. The molecule has 3 aromatic rings. The molecule has 0 spiro atoms. The fourth-order valence-corrected chi connectivity index (χ4v) is 2.64. The molecule has 0 radical (unpaired) electrons. The van der Waals surface area contributed by atoms with Gasteiger partial charge in [-0.2, -0.15) is 5.26 Å². The van der Waals surface area contributed by atoms with Crippen LogP contribution >= 0.6 is 0 Å². The summed E-state index contributed by atoms with van der Waals surface area (Å²) < 4.78 is 15.3. The largest absolute Gasteiger partial charge is 0.503 e. The van der Waals surface area contributed by atoms with Gasteiger partial charge < -0.3 is 14.0 Å². The highest BCUT2D eigenvalue weighted by molar-refractivity contribution is 6.17. The molecule has 134 valence electrons. The molecule has 0 aliphatic rings. The fourth-order valence-electron chi connectivity index (χ4n) is 2.64. The van der Waals surface area contributed by atoms with E-state index in [1.54, 1.807) is 36.4 Å². The zero-order valence-electron chi connectivity index (χ0n) is 14.8. The number of esters is 1. The summed E-state index contributed by atoms with van der Waals surface area (Å²) in [6, 6.07) is 18.1. The van der Waals surface area contributed by atoms with Gasteiger partial charge in [0.15, 0.2) is 5.76 Å². The maximum Gasteiger partial charge on any atom is 0.341 e. The number of methoxy groups -OCH3 is 2. The first-order valence-corrected chi connectivity index (χ1v) is 8.06. The van der Waals surface area contributed by atoms with Gasteiger partial charge in [-0.25, -0.2) is 4.79 Å². The third-order valence-corrected chi connectivity index (χ3v) is 3.94. The Hall–Kier alpha value is -3.85. The van der Waals surface area contributed by atoms with Crippen LogP contribution in [0.25, 0.3) is 28.2 Å². The predicted molar refractivity (Wildman–Crippen MR) is 99.1 cm³/mol. The lowest BCUT2D eigenvalue weighted by atomic mass is 9.98. The zero-order valence-corrected chi connectivity index (χ0v) is 14.8. The molecule has 0 amide bonds. The highest BCUT2D eigenvalue weighted by Crippen LogP contribution is 2.32. The van der Waals surface area contributed by atoms with Crippen LogP contribution in [0.5, 0.6) is 0 Å². The van der Waals surface area contributed by atoms with Crippen LogP contribution in [0.3, 0.4) is 0 Å². The second kappa shape index (κ2) is 8.02. The van der Waals surface area contributed by atoms with Crippen molar-refractivity contribution < 1.29 is 18.8 Å². The molecule has 3 rings (SSSR count). The van der Waals surface area contributed by atoms with E-state index < -0.39 is 5.97 Å². The Bertz CT molecular complexity index is 1030. The minimum Gasteiger partial charge on any atom is -0.503 e. The number of nitrogens with zero attached hydrogens (tertiary/aromatic N) is 2. The Labute approximate surface area is 156 Å². The van der Waals surface area contributed by atoms with E-state index in [1.807, 2.05) is 18.2 Å². The number of ether oxygens (including phenoxy) is 2. The second-order valence-electron chi connectivity index (χ2n) is 5.57. The van der Waals surface area contributed by atoms with Gasteiger partial charge in [0.05, 0.1) is 32.1 Å². The Kier molecular flexibility index (Phi) is 5.33. The molecule has 6 nitrogen and oxygen atoms in total. The molecule has 0 saturated heterocycles. The first kappa shape index (κ1) is 18.0. The van der Waals surface area contributed by atoms with Crippen molar-refractivity contribution in [1.82, 2.24) is 5.16 Å². The molecule has 0 aliphatic carbocycles. The second-order valence-corrected chi connectivity index (χ2v) is 5.57. The number of carbonyl (C=O) groups is 1. The van der Waals surface area contributed by atoms with Crippen LogP contribution in [-0.4, -0.2) is 25.3 Å². The van der Waals surface area contributed by atoms with E-state index in [-0.39, 0.29) is 5.57 Å². The number of hydrogen-bond acceptors (Lipinski definition) is 6. The van der Waals surface area contributed by atoms with Crippen molar-refractivity contribution in [2.75, 3.05) is 14.2 Å². The lowest BCUT2D eigenvalue weighted by molar-refractivity contribution is -0.133.